The summed E-state index contributed by atoms with van der Waals surface area (Å²) in [7, 11) is 1.17. The summed E-state index contributed by atoms with van der Waals surface area (Å²) in [5.74, 6) is 0.356. The van der Waals surface area contributed by atoms with Crippen LogP contribution in [-0.4, -0.2) is 83.8 Å². The summed E-state index contributed by atoms with van der Waals surface area (Å²) >= 11 is 0. The second-order valence-corrected chi connectivity index (χ2v) is 16.1. The Morgan fingerprint density at radius 3 is 1.97 bits per heavy atom. The predicted molar refractivity (Wildman–Crippen MR) is 223 cm³/mol. The van der Waals surface area contributed by atoms with E-state index in [0.29, 0.717) is 11.5 Å². The van der Waals surface area contributed by atoms with Gasteiger partial charge in [0, 0.05) is 30.8 Å². The molecule has 0 aliphatic carbocycles. The highest BCUT2D eigenvalue weighted by Crippen LogP contribution is 2.51. The number of esters is 1. The van der Waals surface area contributed by atoms with Gasteiger partial charge in [0.25, 0.3) is 14.1 Å². The number of Topliss-reactive ketones (excluding diaryl/α,β-unsaturated/α-hetero) is 1. The van der Waals surface area contributed by atoms with Crippen molar-refractivity contribution in [2.75, 3.05) is 27.4 Å². The number of aromatic amines is 1. The topological polar surface area (TPSA) is 181 Å². The fourth-order valence-corrected chi connectivity index (χ4v) is 8.85. The number of carbonyl (C=O) groups excluding carboxylic acids is 2. The van der Waals surface area contributed by atoms with Crippen LogP contribution in [0.1, 0.15) is 76.8 Å². The maximum atomic E-state index is 13.6. The van der Waals surface area contributed by atoms with Crippen LogP contribution in [-0.2, 0) is 38.4 Å². The van der Waals surface area contributed by atoms with Crippen LogP contribution in [0.25, 0.3) is 0 Å². The molecule has 0 bridgehead atoms. The lowest BCUT2D eigenvalue weighted by Crippen LogP contribution is -2.44. The lowest BCUT2D eigenvalue weighted by atomic mass is 9.80. The summed E-state index contributed by atoms with van der Waals surface area (Å²) in [5, 5.41) is 9.38. The monoisotopic (exact) mass is 844 g/mol. The average Bonchev–Trinajstić information content (AvgIpc) is 3.56. The van der Waals surface area contributed by atoms with E-state index in [1.807, 2.05) is 111 Å². The largest absolute Gasteiger partial charge is 0.497 e. The summed E-state index contributed by atoms with van der Waals surface area (Å²) in [5.41, 5.74) is -0.513. The number of rotatable bonds is 21. The first-order valence-corrected chi connectivity index (χ1v) is 20.8. The number of hydrogen-bond acceptors (Lipinski definition) is 13. The van der Waals surface area contributed by atoms with Gasteiger partial charge in [-0.15, -0.1) is 0 Å². The Kier molecular flexibility index (Phi) is 16.3. The molecule has 3 aromatic carbocycles. The minimum atomic E-state index is -1.99. The molecule has 0 radical (unpaired) electrons. The molecule has 4 aromatic rings. The molecule has 2 heterocycles. The minimum Gasteiger partial charge on any atom is -0.497 e. The second kappa shape index (κ2) is 21.4. The SMILES string of the molecule is COc1ccc(C(OC[C@H]2O[C@@H](n3ccc(=O)[nH]c3=O)[C@H](OP(OCCC#N)N(C(C)C)C(C)C)[C@@H]2OC(=O)CCC(C)=O)(c2ccccc2)c2ccc(OC)cc2)cc1. The molecule has 5 atom stereocenters. The third-order valence-corrected chi connectivity index (χ3v) is 12.0. The summed E-state index contributed by atoms with van der Waals surface area (Å²) in [6, 6.07) is 27.6. The lowest BCUT2D eigenvalue weighted by Gasteiger charge is -2.38. The van der Waals surface area contributed by atoms with E-state index in [-0.39, 0.29) is 50.3 Å². The van der Waals surface area contributed by atoms with E-state index in [9.17, 15) is 24.4 Å². The fourth-order valence-electron chi connectivity index (χ4n) is 7.12. The van der Waals surface area contributed by atoms with Gasteiger partial charge in [-0.2, -0.15) is 5.26 Å². The van der Waals surface area contributed by atoms with Crippen molar-refractivity contribution in [3.05, 3.63) is 129 Å². The minimum absolute atomic E-state index is 0.0356. The second-order valence-electron chi connectivity index (χ2n) is 14.7. The molecule has 0 spiro atoms. The van der Waals surface area contributed by atoms with Crippen molar-refractivity contribution < 1.29 is 42.3 Å². The number of nitriles is 1. The number of hydrogen-bond donors (Lipinski definition) is 1. The van der Waals surface area contributed by atoms with Gasteiger partial charge in [0.1, 0.15) is 29.0 Å². The molecule has 1 N–H and O–H groups in total. The van der Waals surface area contributed by atoms with E-state index >= 15 is 0 Å². The van der Waals surface area contributed by atoms with Gasteiger partial charge in [-0.1, -0.05) is 54.6 Å². The van der Waals surface area contributed by atoms with Crippen LogP contribution in [0.15, 0.2) is 101 Å². The zero-order valence-electron chi connectivity index (χ0n) is 34.9. The van der Waals surface area contributed by atoms with Crippen LogP contribution in [0, 0.1) is 11.3 Å². The molecule has 1 fully saturated rings. The first-order chi connectivity index (χ1) is 28.8. The first kappa shape index (κ1) is 45.9. The molecular weight excluding hydrogens is 791 g/mol. The Hall–Kier alpha value is -5.20. The van der Waals surface area contributed by atoms with Gasteiger partial charge in [-0.05, 0) is 75.6 Å². The number of carbonyl (C=O) groups is 2. The maximum Gasteiger partial charge on any atom is 0.330 e. The van der Waals surface area contributed by atoms with Gasteiger partial charge in [0.05, 0.1) is 46.3 Å². The zero-order chi connectivity index (χ0) is 43.4. The van der Waals surface area contributed by atoms with E-state index in [4.69, 9.17) is 32.7 Å². The quantitative estimate of drug-likeness (QED) is 0.0422. The summed E-state index contributed by atoms with van der Waals surface area (Å²) in [6.07, 6.45) is -3.80. The molecule has 16 heteroatoms. The number of aromatic nitrogens is 2. The molecule has 1 aliphatic rings. The highest BCUT2D eigenvalue weighted by atomic mass is 31.2. The van der Waals surface area contributed by atoms with Crippen molar-refractivity contribution >= 4 is 20.3 Å². The molecule has 1 aromatic heterocycles. The van der Waals surface area contributed by atoms with E-state index in [0.717, 1.165) is 21.3 Å². The molecule has 15 nitrogen and oxygen atoms in total. The van der Waals surface area contributed by atoms with Crippen LogP contribution in [0.2, 0.25) is 0 Å². The van der Waals surface area contributed by atoms with E-state index in [2.05, 4.69) is 11.1 Å². The number of ketones is 1. The van der Waals surface area contributed by atoms with Gasteiger partial charge in [-0.25, -0.2) is 9.46 Å². The molecule has 60 heavy (non-hydrogen) atoms. The maximum absolute atomic E-state index is 13.6. The highest BCUT2D eigenvalue weighted by molar-refractivity contribution is 7.44. The van der Waals surface area contributed by atoms with E-state index in [1.165, 1.54) is 19.2 Å². The lowest BCUT2D eigenvalue weighted by molar-refractivity contribution is -0.159. The standard InChI is InChI=1S/C44H53N4O11P/c1-29(2)48(30(3)4)60(56-27-11-25-45)59-41-40(58-39(51)23-14-31(5)49)37(57-42(41)47-26-24-38(50)46-43(47)52)28-55-44(32-12-9-8-10-13-32,33-15-19-35(53-6)20-16-33)34-17-21-36(54-7)22-18-34/h8-10,12-13,15-22,24,26,29-30,37,40-42H,11,14,23,27-28H2,1-7H3,(H,46,50,52)/t37-,40-,41-,42-,60?/m1/s1. The van der Waals surface area contributed by atoms with E-state index in [1.54, 1.807) is 14.2 Å². The van der Waals surface area contributed by atoms with Gasteiger partial charge < -0.3 is 37.5 Å². The van der Waals surface area contributed by atoms with E-state index < -0.39 is 55.9 Å². The van der Waals surface area contributed by atoms with Crippen LogP contribution in [0.3, 0.4) is 0 Å². The average molecular weight is 845 g/mol. The number of ether oxygens (including phenoxy) is 5. The fraction of sp³-hybridized carbons (Fsp3) is 0.432. The van der Waals surface area contributed by atoms with Gasteiger partial charge in [-0.3, -0.25) is 19.1 Å². The summed E-state index contributed by atoms with van der Waals surface area (Å²) in [4.78, 5) is 53.7. The van der Waals surface area contributed by atoms with Crippen molar-refractivity contribution in [3.8, 4) is 17.6 Å². The normalized spacial score (nSPS) is 18.4. The molecule has 0 amide bonds. The van der Waals surface area contributed by atoms with Gasteiger partial charge >= 0.3 is 11.7 Å². The third-order valence-electron chi connectivity index (χ3n) is 9.87. The number of H-pyrrole nitrogens is 1. The van der Waals surface area contributed by atoms with Crippen LogP contribution in [0.5, 0.6) is 11.5 Å². The van der Waals surface area contributed by atoms with Crippen molar-refractivity contribution in [2.24, 2.45) is 0 Å². The molecule has 0 saturated carbocycles. The summed E-state index contributed by atoms with van der Waals surface area (Å²) in [6.45, 7) is 9.06. The molecule has 1 saturated heterocycles. The van der Waals surface area contributed by atoms with Gasteiger partial charge in [0.15, 0.2) is 18.4 Å². The Morgan fingerprint density at radius 1 is 0.867 bits per heavy atom. The highest BCUT2D eigenvalue weighted by Gasteiger charge is 2.53. The molecule has 5 rings (SSSR count). The van der Waals surface area contributed by atoms with Crippen LogP contribution >= 0.6 is 8.53 Å². The predicted octanol–water partition coefficient (Wildman–Crippen LogP) is 6.40. The Labute approximate surface area is 351 Å². The molecular formula is C44H53N4O11P. The van der Waals surface area contributed by atoms with Crippen molar-refractivity contribution in [1.82, 2.24) is 14.2 Å². The van der Waals surface area contributed by atoms with Gasteiger partial charge in [0.2, 0.25) is 0 Å². The van der Waals surface area contributed by atoms with Crippen LogP contribution < -0.4 is 20.7 Å². The third kappa shape index (κ3) is 10.9. The smallest absolute Gasteiger partial charge is 0.330 e. The van der Waals surface area contributed by atoms with Crippen LogP contribution in [0.4, 0.5) is 0 Å². The Bertz CT molecular complexity index is 2120. The number of nitrogens with one attached hydrogen (secondary N) is 1. The Morgan fingerprint density at radius 2 is 1.45 bits per heavy atom. The molecule has 1 aliphatic heterocycles. The van der Waals surface area contributed by atoms with Crippen molar-refractivity contribution in [2.45, 2.75) is 96.1 Å². The van der Waals surface area contributed by atoms with Crippen molar-refractivity contribution in [3.63, 3.8) is 0 Å². The zero-order valence-corrected chi connectivity index (χ0v) is 35.8. The number of methoxy groups -OCH3 is 2. The first-order valence-electron chi connectivity index (χ1n) is 19.7. The number of benzene rings is 3. The number of nitrogens with zero attached hydrogens (tertiary/aromatic N) is 3. The Balaban J connectivity index is 1.68. The molecule has 320 valence electrons. The van der Waals surface area contributed by atoms with Crippen molar-refractivity contribution in [1.29, 1.82) is 5.26 Å². The molecule has 1 unspecified atom stereocenters. The summed E-state index contributed by atoms with van der Waals surface area (Å²) < 4.78 is 47.4.